The number of hydrogen-bond acceptors (Lipinski definition) is 2. The van der Waals surface area contributed by atoms with E-state index >= 15 is 0 Å². The molecule has 1 heterocycles. The van der Waals surface area contributed by atoms with Crippen molar-refractivity contribution in [1.29, 1.82) is 5.26 Å². The number of amides is 2. The van der Waals surface area contributed by atoms with Crippen LogP contribution < -0.4 is 5.32 Å². The zero-order valence-corrected chi connectivity index (χ0v) is 8.91. The Morgan fingerprint density at radius 2 is 2.13 bits per heavy atom. The summed E-state index contributed by atoms with van der Waals surface area (Å²) in [5.74, 6) is 0.0332. The molecule has 1 saturated carbocycles. The van der Waals surface area contributed by atoms with Crippen molar-refractivity contribution in [3.63, 3.8) is 0 Å². The molecule has 4 nitrogen and oxygen atoms in total. The zero-order chi connectivity index (χ0) is 10.7. The number of hydrogen-bond donors (Lipinski definition) is 1. The van der Waals surface area contributed by atoms with Crippen LogP contribution in [-0.2, 0) is 0 Å². The van der Waals surface area contributed by atoms with Crippen molar-refractivity contribution in [2.45, 2.75) is 38.1 Å². The highest BCUT2D eigenvalue weighted by atomic mass is 16.2. The summed E-state index contributed by atoms with van der Waals surface area (Å²) in [6.45, 7) is 1.41. The van der Waals surface area contributed by atoms with Gasteiger partial charge in [-0.15, -0.1) is 0 Å². The number of likely N-dealkylation sites (tertiary alicyclic amines) is 1. The third kappa shape index (κ3) is 2.41. The molecule has 4 heteroatoms. The van der Waals surface area contributed by atoms with Gasteiger partial charge in [0.15, 0.2) is 0 Å². The van der Waals surface area contributed by atoms with Crippen LogP contribution in [0.1, 0.15) is 32.1 Å². The topological polar surface area (TPSA) is 56.1 Å². The second-order valence-electron chi connectivity index (χ2n) is 4.49. The Labute approximate surface area is 90.2 Å². The van der Waals surface area contributed by atoms with Crippen LogP contribution in [0.3, 0.4) is 0 Å². The lowest BCUT2D eigenvalue weighted by Gasteiger charge is -2.33. The van der Waals surface area contributed by atoms with Gasteiger partial charge in [-0.25, -0.2) is 4.79 Å². The van der Waals surface area contributed by atoms with Crippen molar-refractivity contribution in [2.24, 2.45) is 5.92 Å². The van der Waals surface area contributed by atoms with Gasteiger partial charge in [0.1, 0.15) is 0 Å². The fourth-order valence-electron chi connectivity index (χ4n) is 2.09. The maximum atomic E-state index is 11.8. The Morgan fingerprint density at radius 3 is 2.73 bits per heavy atom. The van der Waals surface area contributed by atoms with E-state index in [1.165, 1.54) is 6.42 Å². The number of nitrogens with zero attached hydrogens (tertiary/aromatic N) is 2. The Morgan fingerprint density at radius 1 is 1.33 bits per heavy atom. The molecule has 2 rings (SSSR count). The lowest BCUT2D eigenvalue weighted by Crippen LogP contribution is -2.50. The smallest absolute Gasteiger partial charge is 0.317 e. The van der Waals surface area contributed by atoms with Crippen molar-refractivity contribution < 1.29 is 4.79 Å². The number of nitrogens with one attached hydrogen (secondary N) is 1. The predicted octanol–water partition coefficient (Wildman–Crippen LogP) is 1.48. The van der Waals surface area contributed by atoms with Gasteiger partial charge in [0, 0.05) is 19.1 Å². The first kappa shape index (κ1) is 10.3. The minimum Gasteiger partial charge on any atom is -0.335 e. The van der Waals surface area contributed by atoms with Crippen LogP contribution in [0.25, 0.3) is 0 Å². The number of piperidine rings is 1. The van der Waals surface area contributed by atoms with E-state index in [9.17, 15) is 4.79 Å². The van der Waals surface area contributed by atoms with Gasteiger partial charge in [-0.2, -0.15) is 5.26 Å². The summed E-state index contributed by atoms with van der Waals surface area (Å²) in [7, 11) is 0. The molecule has 0 spiro atoms. The molecular formula is C11H17N3O. The molecule has 1 unspecified atom stereocenters. The number of carbonyl (C=O) groups excluding carboxylic acids is 1. The number of nitriles is 1. The van der Waals surface area contributed by atoms with Crippen LogP contribution in [0.5, 0.6) is 0 Å². The largest absolute Gasteiger partial charge is 0.335 e. The molecule has 0 bridgehead atoms. The highest BCUT2D eigenvalue weighted by Gasteiger charge is 2.26. The third-order valence-corrected chi connectivity index (χ3v) is 3.32. The van der Waals surface area contributed by atoms with Crippen LogP contribution >= 0.6 is 0 Å². The molecule has 0 radical (unpaired) electrons. The maximum absolute atomic E-state index is 11.8. The Bertz CT molecular complexity index is 280. The summed E-state index contributed by atoms with van der Waals surface area (Å²) in [6, 6.07) is 2.66. The molecule has 0 aromatic carbocycles. The zero-order valence-electron chi connectivity index (χ0n) is 8.91. The van der Waals surface area contributed by atoms with E-state index in [0.29, 0.717) is 12.6 Å². The van der Waals surface area contributed by atoms with Crippen molar-refractivity contribution >= 4 is 6.03 Å². The molecule has 1 atom stereocenters. The van der Waals surface area contributed by atoms with E-state index in [-0.39, 0.29) is 11.9 Å². The van der Waals surface area contributed by atoms with Crippen molar-refractivity contribution in [3.05, 3.63) is 0 Å². The fraction of sp³-hybridized carbons (Fsp3) is 0.818. The van der Waals surface area contributed by atoms with Crippen LogP contribution in [0.15, 0.2) is 0 Å². The Hall–Kier alpha value is -1.24. The predicted molar refractivity (Wildman–Crippen MR) is 56.1 cm³/mol. The van der Waals surface area contributed by atoms with E-state index in [1.807, 2.05) is 0 Å². The van der Waals surface area contributed by atoms with Crippen LogP contribution in [0.4, 0.5) is 4.79 Å². The highest BCUT2D eigenvalue weighted by Crippen LogP contribution is 2.20. The maximum Gasteiger partial charge on any atom is 0.317 e. The van der Waals surface area contributed by atoms with E-state index in [1.54, 1.807) is 4.90 Å². The summed E-state index contributed by atoms with van der Waals surface area (Å²) in [4.78, 5) is 13.6. The van der Waals surface area contributed by atoms with Gasteiger partial charge in [0.05, 0.1) is 12.0 Å². The summed E-state index contributed by atoms with van der Waals surface area (Å²) < 4.78 is 0. The van der Waals surface area contributed by atoms with Gasteiger partial charge in [-0.05, 0) is 32.1 Å². The normalized spacial score (nSPS) is 26.6. The van der Waals surface area contributed by atoms with Crippen LogP contribution in [0, 0.1) is 17.2 Å². The first-order valence-corrected chi connectivity index (χ1v) is 5.74. The number of urea groups is 1. The fourth-order valence-corrected chi connectivity index (χ4v) is 2.09. The Balaban J connectivity index is 1.81. The summed E-state index contributed by atoms with van der Waals surface area (Å²) in [5, 5.41) is 11.8. The molecule has 0 aromatic rings. The van der Waals surface area contributed by atoms with E-state index in [2.05, 4.69) is 11.4 Å². The van der Waals surface area contributed by atoms with Gasteiger partial charge in [0.25, 0.3) is 0 Å². The average Bonchev–Trinajstić information content (AvgIpc) is 2.23. The van der Waals surface area contributed by atoms with Gasteiger partial charge < -0.3 is 10.2 Å². The van der Waals surface area contributed by atoms with Crippen molar-refractivity contribution in [1.82, 2.24) is 10.2 Å². The van der Waals surface area contributed by atoms with Crippen LogP contribution in [-0.4, -0.2) is 30.1 Å². The molecule has 1 aliphatic carbocycles. The summed E-state index contributed by atoms with van der Waals surface area (Å²) >= 11 is 0. The molecule has 1 N–H and O–H groups in total. The monoisotopic (exact) mass is 207 g/mol. The van der Waals surface area contributed by atoms with Crippen molar-refractivity contribution in [3.8, 4) is 6.07 Å². The molecule has 2 fully saturated rings. The number of rotatable bonds is 1. The minimum absolute atomic E-state index is 0.0275. The molecule has 1 saturated heterocycles. The third-order valence-electron chi connectivity index (χ3n) is 3.32. The molecule has 1 aliphatic heterocycles. The molecular weight excluding hydrogens is 190 g/mol. The average molecular weight is 207 g/mol. The highest BCUT2D eigenvalue weighted by molar-refractivity contribution is 5.74. The number of carbonyl (C=O) groups is 1. The van der Waals surface area contributed by atoms with Gasteiger partial charge in [-0.1, -0.05) is 0 Å². The Kier molecular flexibility index (Phi) is 3.10. The van der Waals surface area contributed by atoms with Crippen LogP contribution in [0.2, 0.25) is 0 Å². The lowest BCUT2D eigenvalue weighted by atomic mass is 9.93. The quantitative estimate of drug-likeness (QED) is 0.708. The first-order valence-electron chi connectivity index (χ1n) is 5.74. The van der Waals surface area contributed by atoms with Gasteiger partial charge in [-0.3, -0.25) is 0 Å². The molecule has 0 aromatic heterocycles. The molecule has 2 amide bonds. The van der Waals surface area contributed by atoms with Gasteiger partial charge in [0.2, 0.25) is 0 Å². The molecule has 82 valence electrons. The second kappa shape index (κ2) is 4.52. The molecule has 15 heavy (non-hydrogen) atoms. The second-order valence-corrected chi connectivity index (χ2v) is 4.49. The lowest BCUT2D eigenvalue weighted by molar-refractivity contribution is 0.167. The summed E-state index contributed by atoms with van der Waals surface area (Å²) in [5.41, 5.74) is 0. The SMILES string of the molecule is N#CC1CCCN(C(=O)NC2CCC2)C1. The van der Waals surface area contributed by atoms with Crippen molar-refractivity contribution in [2.75, 3.05) is 13.1 Å². The minimum atomic E-state index is 0.0275. The first-order chi connectivity index (χ1) is 7.29. The molecule has 2 aliphatic rings. The standard InChI is InChI=1S/C11H17N3O/c12-7-9-3-2-6-14(8-9)11(15)13-10-4-1-5-10/h9-10H,1-6,8H2,(H,13,15). The van der Waals surface area contributed by atoms with E-state index in [0.717, 1.165) is 32.2 Å². The summed E-state index contributed by atoms with van der Waals surface area (Å²) in [6.07, 6.45) is 5.34. The van der Waals surface area contributed by atoms with Gasteiger partial charge >= 0.3 is 6.03 Å². The van der Waals surface area contributed by atoms with E-state index < -0.39 is 0 Å². The van der Waals surface area contributed by atoms with E-state index in [4.69, 9.17) is 5.26 Å².